The molecule has 0 aliphatic carbocycles. The van der Waals surface area contributed by atoms with E-state index in [1.165, 1.54) is 4.52 Å². The Labute approximate surface area is 116 Å². The fourth-order valence-corrected chi connectivity index (χ4v) is 2.59. The highest BCUT2D eigenvalue weighted by Crippen LogP contribution is 2.13. The zero-order valence-corrected chi connectivity index (χ0v) is 11.8. The van der Waals surface area contributed by atoms with Crippen molar-refractivity contribution in [1.82, 2.24) is 24.5 Å². The Morgan fingerprint density at radius 3 is 3.15 bits per heavy atom. The Balaban J connectivity index is 1.74. The molecular weight excluding hydrogens is 258 g/mol. The summed E-state index contributed by atoms with van der Waals surface area (Å²) in [6.07, 6.45) is 2.55. The van der Waals surface area contributed by atoms with Crippen LogP contribution in [0.3, 0.4) is 0 Å². The second kappa shape index (κ2) is 5.34. The average molecular weight is 277 g/mol. The first kappa shape index (κ1) is 13.3. The molecule has 0 unspecified atom stereocenters. The topological polar surface area (TPSA) is 75.5 Å². The molecule has 20 heavy (non-hydrogen) atoms. The molecule has 1 fully saturated rings. The fourth-order valence-electron chi connectivity index (χ4n) is 2.59. The smallest absolute Gasteiger partial charge is 0.274 e. The molecule has 0 spiro atoms. The van der Waals surface area contributed by atoms with Gasteiger partial charge in [-0.15, -0.1) is 0 Å². The minimum Gasteiger partial charge on any atom is -0.377 e. The van der Waals surface area contributed by atoms with Gasteiger partial charge in [-0.2, -0.15) is 9.50 Å². The third-order valence-corrected chi connectivity index (χ3v) is 3.47. The van der Waals surface area contributed by atoms with Crippen molar-refractivity contribution < 1.29 is 4.74 Å². The van der Waals surface area contributed by atoms with Crippen molar-refractivity contribution >= 4 is 5.78 Å². The number of hydrogen-bond donors (Lipinski definition) is 1. The van der Waals surface area contributed by atoms with Crippen LogP contribution in [0, 0.1) is 6.92 Å². The lowest BCUT2D eigenvalue weighted by atomic mass is 10.2. The summed E-state index contributed by atoms with van der Waals surface area (Å²) >= 11 is 0. The Bertz CT molecular complexity index is 656. The summed E-state index contributed by atoms with van der Waals surface area (Å²) in [6.45, 7) is 4.14. The van der Waals surface area contributed by atoms with Crippen molar-refractivity contribution in [1.29, 1.82) is 0 Å². The Morgan fingerprint density at radius 1 is 1.55 bits per heavy atom. The molecule has 2 aromatic rings. The van der Waals surface area contributed by atoms with Crippen molar-refractivity contribution in [3.63, 3.8) is 0 Å². The fraction of sp³-hybridized carbons (Fsp3) is 0.615. The lowest BCUT2D eigenvalue weighted by Gasteiger charge is -2.19. The van der Waals surface area contributed by atoms with Crippen LogP contribution in [0.25, 0.3) is 5.78 Å². The number of fused-ring (bicyclic) bond motifs is 1. The molecule has 1 saturated heterocycles. The largest absolute Gasteiger partial charge is 0.377 e. The lowest BCUT2D eigenvalue weighted by Crippen LogP contribution is -2.29. The predicted molar refractivity (Wildman–Crippen MR) is 73.7 cm³/mol. The van der Waals surface area contributed by atoms with E-state index in [2.05, 4.69) is 20.0 Å². The maximum atomic E-state index is 11.9. The van der Waals surface area contributed by atoms with Gasteiger partial charge >= 0.3 is 0 Å². The summed E-state index contributed by atoms with van der Waals surface area (Å²) < 4.78 is 6.97. The summed E-state index contributed by atoms with van der Waals surface area (Å²) in [6, 6.07) is 1.55. The van der Waals surface area contributed by atoms with E-state index < -0.39 is 0 Å². The van der Waals surface area contributed by atoms with Gasteiger partial charge in [0.1, 0.15) is 5.82 Å². The minimum atomic E-state index is -0.129. The maximum Gasteiger partial charge on any atom is 0.274 e. The molecule has 1 atom stereocenters. The summed E-state index contributed by atoms with van der Waals surface area (Å²) in [5, 5.41) is 2.86. The minimum absolute atomic E-state index is 0.129. The van der Waals surface area contributed by atoms with Gasteiger partial charge in [0, 0.05) is 25.8 Å². The average Bonchev–Trinajstić information content (AvgIpc) is 2.98. The van der Waals surface area contributed by atoms with Crippen LogP contribution in [0.4, 0.5) is 0 Å². The Kier molecular flexibility index (Phi) is 3.54. The number of H-pyrrole nitrogens is 1. The number of aryl methyl sites for hydroxylation is 1. The Morgan fingerprint density at radius 2 is 2.40 bits per heavy atom. The van der Waals surface area contributed by atoms with Crippen molar-refractivity contribution in [3.05, 3.63) is 27.9 Å². The van der Waals surface area contributed by atoms with Gasteiger partial charge in [0.25, 0.3) is 11.3 Å². The molecule has 7 nitrogen and oxygen atoms in total. The van der Waals surface area contributed by atoms with Gasteiger partial charge in [0.2, 0.25) is 0 Å². The van der Waals surface area contributed by atoms with Gasteiger partial charge in [-0.25, -0.2) is 4.98 Å². The highest BCUT2D eigenvalue weighted by molar-refractivity contribution is 5.27. The molecule has 7 heteroatoms. The number of hydrogen-bond acceptors (Lipinski definition) is 5. The second-order valence-corrected chi connectivity index (χ2v) is 5.36. The van der Waals surface area contributed by atoms with Gasteiger partial charge in [0.15, 0.2) is 0 Å². The van der Waals surface area contributed by atoms with Crippen LogP contribution < -0.4 is 5.56 Å². The van der Waals surface area contributed by atoms with Crippen molar-refractivity contribution in [3.8, 4) is 0 Å². The highest BCUT2D eigenvalue weighted by atomic mass is 16.5. The molecule has 3 heterocycles. The number of rotatable bonds is 4. The molecule has 0 aromatic carbocycles. The van der Waals surface area contributed by atoms with E-state index in [0.717, 1.165) is 31.7 Å². The first-order valence-electron chi connectivity index (χ1n) is 6.87. The van der Waals surface area contributed by atoms with Gasteiger partial charge in [-0.05, 0) is 26.8 Å². The molecule has 0 amide bonds. The van der Waals surface area contributed by atoms with E-state index in [0.29, 0.717) is 24.3 Å². The van der Waals surface area contributed by atoms with Crippen LogP contribution in [0.2, 0.25) is 0 Å². The number of nitrogens with one attached hydrogen (secondary N) is 1. The lowest BCUT2D eigenvalue weighted by molar-refractivity contribution is 0.0790. The number of aromatic nitrogens is 4. The van der Waals surface area contributed by atoms with Crippen LogP contribution in [0.1, 0.15) is 24.4 Å². The third-order valence-electron chi connectivity index (χ3n) is 3.47. The Hall–Kier alpha value is -1.73. The molecule has 3 rings (SSSR count). The zero-order chi connectivity index (χ0) is 14.1. The molecule has 1 aliphatic heterocycles. The molecule has 0 saturated carbocycles. The van der Waals surface area contributed by atoms with Gasteiger partial charge in [-0.1, -0.05) is 0 Å². The molecule has 0 bridgehead atoms. The molecular formula is C13H19N5O2. The van der Waals surface area contributed by atoms with E-state index in [1.54, 1.807) is 13.0 Å². The highest BCUT2D eigenvalue weighted by Gasteiger charge is 2.18. The summed E-state index contributed by atoms with van der Waals surface area (Å²) in [5.74, 6) is 1.11. The first-order chi connectivity index (χ1) is 9.61. The standard InChI is InChI=1S/C13H19N5O2/c1-9-14-13-15-10(6-12(19)18(13)16-9)7-17(2)8-11-4-3-5-20-11/h6,11H,3-5,7-8H2,1-2H3,(H,14,15,16)/t11-/m0/s1. The van der Waals surface area contributed by atoms with Gasteiger partial charge in [-0.3, -0.25) is 14.8 Å². The molecule has 2 aromatic heterocycles. The van der Waals surface area contributed by atoms with Crippen molar-refractivity contribution in [2.45, 2.75) is 32.4 Å². The second-order valence-electron chi connectivity index (χ2n) is 5.36. The summed E-state index contributed by atoms with van der Waals surface area (Å²) in [5.41, 5.74) is 0.609. The normalized spacial score (nSPS) is 19.2. The molecule has 108 valence electrons. The molecule has 1 N–H and O–H groups in total. The van der Waals surface area contributed by atoms with Crippen LogP contribution in [0.5, 0.6) is 0 Å². The summed E-state index contributed by atoms with van der Waals surface area (Å²) in [7, 11) is 2.01. The van der Waals surface area contributed by atoms with Gasteiger partial charge in [0.05, 0.1) is 11.8 Å². The van der Waals surface area contributed by atoms with Crippen LogP contribution >= 0.6 is 0 Å². The maximum absolute atomic E-state index is 11.9. The van der Waals surface area contributed by atoms with Crippen LogP contribution in [-0.4, -0.2) is 50.8 Å². The van der Waals surface area contributed by atoms with E-state index in [4.69, 9.17) is 4.74 Å². The number of ether oxygens (including phenoxy) is 1. The number of nitrogens with zero attached hydrogens (tertiary/aromatic N) is 4. The molecule has 1 aliphatic rings. The van der Waals surface area contributed by atoms with E-state index in [1.807, 2.05) is 7.05 Å². The van der Waals surface area contributed by atoms with E-state index >= 15 is 0 Å². The van der Waals surface area contributed by atoms with Crippen LogP contribution in [-0.2, 0) is 11.3 Å². The number of likely N-dealkylation sites (N-methyl/N-ethyl adjacent to an activating group) is 1. The zero-order valence-electron chi connectivity index (χ0n) is 11.8. The van der Waals surface area contributed by atoms with E-state index in [-0.39, 0.29) is 5.56 Å². The number of aromatic amines is 1. The summed E-state index contributed by atoms with van der Waals surface area (Å²) in [4.78, 5) is 22.7. The van der Waals surface area contributed by atoms with Gasteiger partial charge < -0.3 is 4.74 Å². The van der Waals surface area contributed by atoms with Crippen molar-refractivity contribution in [2.75, 3.05) is 20.2 Å². The predicted octanol–water partition coefficient (Wildman–Crippen LogP) is 0.337. The SMILES string of the molecule is Cc1nc2nc(CN(C)C[C@@H]3CCCO3)cc(=O)n2[nH]1. The van der Waals surface area contributed by atoms with Crippen molar-refractivity contribution in [2.24, 2.45) is 0 Å². The van der Waals surface area contributed by atoms with Crippen LogP contribution in [0.15, 0.2) is 10.9 Å². The van der Waals surface area contributed by atoms with E-state index in [9.17, 15) is 4.79 Å². The quantitative estimate of drug-likeness (QED) is 0.872. The first-order valence-corrected chi connectivity index (χ1v) is 6.87. The third kappa shape index (κ3) is 2.73. The monoisotopic (exact) mass is 277 g/mol. The molecule has 0 radical (unpaired) electrons.